The molecular formula is C12H11Cl2NS. The van der Waals surface area contributed by atoms with Gasteiger partial charge in [0.1, 0.15) is 0 Å². The Hall–Kier alpha value is -0.700. The lowest BCUT2D eigenvalue weighted by molar-refractivity contribution is 1.40. The first-order valence-electron chi connectivity index (χ1n) is 4.87. The molecule has 0 bridgehead atoms. The summed E-state index contributed by atoms with van der Waals surface area (Å²) in [6, 6.07) is 7.69. The monoisotopic (exact) mass is 271 g/mol. The number of thiophene rings is 1. The highest BCUT2D eigenvalue weighted by atomic mass is 35.5. The lowest BCUT2D eigenvalue weighted by Crippen LogP contribution is -1.93. The third kappa shape index (κ3) is 2.34. The Morgan fingerprint density at radius 3 is 2.75 bits per heavy atom. The van der Waals surface area contributed by atoms with Crippen LogP contribution in [-0.4, -0.2) is 0 Å². The molecule has 0 spiro atoms. The second-order valence-electron chi connectivity index (χ2n) is 3.43. The van der Waals surface area contributed by atoms with E-state index in [0.717, 1.165) is 16.9 Å². The molecule has 2 rings (SSSR count). The lowest BCUT2D eigenvalue weighted by atomic mass is 10.2. The molecule has 1 N–H and O–H groups in total. The number of hydrogen-bond acceptors (Lipinski definition) is 2. The van der Waals surface area contributed by atoms with Crippen LogP contribution in [0.5, 0.6) is 0 Å². The third-order valence-corrected chi connectivity index (χ3v) is 3.91. The van der Waals surface area contributed by atoms with E-state index >= 15 is 0 Å². The highest BCUT2D eigenvalue weighted by Crippen LogP contribution is 2.33. The van der Waals surface area contributed by atoms with Crippen LogP contribution in [0.25, 0.3) is 0 Å². The van der Waals surface area contributed by atoms with E-state index in [1.807, 2.05) is 24.3 Å². The van der Waals surface area contributed by atoms with E-state index in [0.29, 0.717) is 10.9 Å². The van der Waals surface area contributed by atoms with E-state index in [1.54, 1.807) is 11.3 Å². The second-order valence-corrected chi connectivity index (χ2v) is 5.19. The zero-order valence-corrected chi connectivity index (χ0v) is 11.1. The van der Waals surface area contributed by atoms with Crippen LogP contribution in [0.1, 0.15) is 10.4 Å². The highest BCUT2D eigenvalue weighted by molar-refractivity contribution is 7.10. The summed E-state index contributed by atoms with van der Waals surface area (Å²) in [7, 11) is 0. The van der Waals surface area contributed by atoms with Crippen LogP contribution in [-0.2, 0) is 5.88 Å². The van der Waals surface area contributed by atoms with Crippen LogP contribution in [0, 0.1) is 6.92 Å². The van der Waals surface area contributed by atoms with Crippen LogP contribution in [0.3, 0.4) is 0 Å². The van der Waals surface area contributed by atoms with Crippen molar-refractivity contribution in [2.24, 2.45) is 0 Å². The Labute approximate surface area is 109 Å². The first-order chi connectivity index (χ1) is 7.72. The third-order valence-electron chi connectivity index (χ3n) is 2.33. The predicted octanol–water partition coefficient (Wildman–Crippen LogP) is 5.19. The fraction of sp³-hybridized carbons (Fsp3) is 0.167. The normalized spacial score (nSPS) is 10.4. The molecule has 2 aromatic rings. The van der Waals surface area contributed by atoms with Crippen molar-refractivity contribution in [1.82, 2.24) is 0 Å². The number of halogens is 2. The number of alkyl halides is 1. The van der Waals surface area contributed by atoms with Gasteiger partial charge in [-0.15, -0.1) is 22.9 Å². The fourth-order valence-corrected chi connectivity index (χ4v) is 2.77. The molecule has 0 aliphatic rings. The SMILES string of the molecule is Cc1scc(CCl)c1Nc1ccccc1Cl. The molecule has 16 heavy (non-hydrogen) atoms. The largest absolute Gasteiger partial charge is 0.353 e. The Morgan fingerprint density at radius 2 is 2.06 bits per heavy atom. The van der Waals surface area contributed by atoms with Crippen molar-refractivity contribution in [3.63, 3.8) is 0 Å². The second kappa shape index (κ2) is 5.09. The van der Waals surface area contributed by atoms with Crippen molar-refractivity contribution >= 4 is 45.9 Å². The molecule has 0 radical (unpaired) electrons. The van der Waals surface area contributed by atoms with Gasteiger partial charge in [0, 0.05) is 10.4 Å². The number of aryl methyl sites for hydroxylation is 1. The van der Waals surface area contributed by atoms with Gasteiger partial charge in [-0.1, -0.05) is 23.7 Å². The Morgan fingerprint density at radius 1 is 1.31 bits per heavy atom. The fourth-order valence-electron chi connectivity index (χ4n) is 1.47. The molecule has 0 saturated heterocycles. The Balaban J connectivity index is 2.33. The molecule has 1 aromatic carbocycles. The van der Waals surface area contributed by atoms with E-state index < -0.39 is 0 Å². The van der Waals surface area contributed by atoms with Gasteiger partial charge in [-0.25, -0.2) is 0 Å². The Kier molecular flexibility index (Phi) is 3.74. The quantitative estimate of drug-likeness (QED) is 0.758. The first-order valence-corrected chi connectivity index (χ1v) is 6.66. The molecule has 1 aromatic heterocycles. The van der Waals surface area contributed by atoms with Crippen molar-refractivity contribution in [2.45, 2.75) is 12.8 Å². The van der Waals surface area contributed by atoms with Gasteiger partial charge in [-0.05, 0) is 24.4 Å². The standard InChI is InChI=1S/C12H11Cl2NS/c1-8-12(9(6-13)7-16-8)15-11-5-3-2-4-10(11)14/h2-5,7,15H,6H2,1H3. The van der Waals surface area contributed by atoms with Crippen molar-refractivity contribution in [3.8, 4) is 0 Å². The maximum atomic E-state index is 6.10. The summed E-state index contributed by atoms with van der Waals surface area (Å²) in [5.41, 5.74) is 3.11. The summed E-state index contributed by atoms with van der Waals surface area (Å²) < 4.78 is 0. The van der Waals surface area contributed by atoms with E-state index in [1.165, 1.54) is 4.88 Å². The molecule has 4 heteroatoms. The minimum Gasteiger partial charge on any atom is -0.353 e. The van der Waals surface area contributed by atoms with E-state index in [4.69, 9.17) is 23.2 Å². The topological polar surface area (TPSA) is 12.0 Å². The molecular weight excluding hydrogens is 261 g/mol. The number of para-hydroxylation sites is 1. The summed E-state index contributed by atoms with van der Waals surface area (Å²) in [6.07, 6.45) is 0. The smallest absolute Gasteiger partial charge is 0.0640 e. The molecule has 1 heterocycles. The van der Waals surface area contributed by atoms with E-state index in [9.17, 15) is 0 Å². The summed E-state index contributed by atoms with van der Waals surface area (Å²) >= 11 is 13.7. The van der Waals surface area contributed by atoms with Crippen molar-refractivity contribution in [3.05, 3.63) is 45.1 Å². The molecule has 0 saturated carbocycles. The van der Waals surface area contributed by atoms with Crippen LogP contribution in [0.4, 0.5) is 11.4 Å². The van der Waals surface area contributed by atoms with Gasteiger partial charge in [-0.3, -0.25) is 0 Å². The minimum atomic E-state index is 0.511. The van der Waals surface area contributed by atoms with E-state index in [2.05, 4.69) is 17.6 Å². The van der Waals surface area contributed by atoms with Crippen molar-refractivity contribution in [1.29, 1.82) is 0 Å². The molecule has 0 unspecified atom stereocenters. The summed E-state index contributed by atoms with van der Waals surface area (Å²) in [4.78, 5) is 1.22. The molecule has 0 aliphatic carbocycles. The average molecular weight is 272 g/mol. The number of nitrogens with one attached hydrogen (secondary N) is 1. The maximum absolute atomic E-state index is 6.10. The summed E-state index contributed by atoms with van der Waals surface area (Å²) in [5, 5.41) is 6.12. The van der Waals surface area contributed by atoms with Crippen molar-refractivity contribution in [2.75, 3.05) is 5.32 Å². The lowest BCUT2D eigenvalue weighted by Gasteiger charge is -2.09. The maximum Gasteiger partial charge on any atom is 0.0640 e. The zero-order valence-electron chi connectivity index (χ0n) is 8.76. The Bertz CT molecular complexity index is 494. The van der Waals surface area contributed by atoms with Gasteiger partial charge in [-0.2, -0.15) is 0 Å². The number of benzene rings is 1. The van der Waals surface area contributed by atoms with Crippen LogP contribution >= 0.6 is 34.5 Å². The summed E-state index contributed by atoms with van der Waals surface area (Å²) in [5.74, 6) is 0.511. The zero-order chi connectivity index (χ0) is 11.5. The van der Waals surface area contributed by atoms with Crippen LogP contribution < -0.4 is 5.32 Å². The van der Waals surface area contributed by atoms with Gasteiger partial charge in [0.15, 0.2) is 0 Å². The molecule has 1 nitrogen and oxygen atoms in total. The number of hydrogen-bond donors (Lipinski definition) is 1. The molecule has 0 amide bonds. The molecule has 0 aliphatic heterocycles. The van der Waals surface area contributed by atoms with Crippen LogP contribution in [0.15, 0.2) is 29.6 Å². The van der Waals surface area contributed by atoms with Crippen LogP contribution in [0.2, 0.25) is 5.02 Å². The highest BCUT2D eigenvalue weighted by Gasteiger charge is 2.09. The minimum absolute atomic E-state index is 0.511. The predicted molar refractivity (Wildman–Crippen MR) is 73.3 cm³/mol. The van der Waals surface area contributed by atoms with Crippen molar-refractivity contribution < 1.29 is 0 Å². The molecule has 0 atom stereocenters. The van der Waals surface area contributed by atoms with Gasteiger partial charge < -0.3 is 5.32 Å². The van der Waals surface area contributed by atoms with Gasteiger partial charge in [0.25, 0.3) is 0 Å². The molecule has 84 valence electrons. The number of rotatable bonds is 3. The van der Waals surface area contributed by atoms with Gasteiger partial charge in [0.05, 0.1) is 22.3 Å². The average Bonchev–Trinajstić information content (AvgIpc) is 2.63. The van der Waals surface area contributed by atoms with E-state index in [-0.39, 0.29) is 0 Å². The summed E-state index contributed by atoms with van der Waals surface area (Å²) in [6.45, 7) is 2.07. The first kappa shape index (κ1) is 11.8. The molecule has 0 fully saturated rings. The van der Waals surface area contributed by atoms with Gasteiger partial charge >= 0.3 is 0 Å². The van der Waals surface area contributed by atoms with Gasteiger partial charge in [0.2, 0.25) is 0 Å². The number of anilines is 2.